The number of aromatic nitrogens is 1. The molecule has 8 heteroatoms. The molecule has 0 fully saturated rings. The van der Waals surface area contributed by atoms with E-state index in [2.05, 4.69) is 11.1 Å². The number of pyridine rings is 1. The normalized spacial score (nSPS) is 10.7. The van der Waals surface area contributed by atoms with Crippen molar-refractivity contribution < 1.29 is 0 Å². The highest BCUT2D eigenvalue weighted by atomic mass is 35.5. The number of benzene rings is 2. The first-order valence-electron chi connectivity index (χ1n) is 7.48. The van der Waals surface area contributed by atoms with Crippen molar-refractivity contribution in [3.63, 3.8) is 0 Å². The Morgan fingerprint density at radius 3 is 1.74 bits per heavy atom. The average molecular weight is 477 g/mol. The molecular weight excluding hydrogens is 469 g/mol. The lowest BCUT2D eigenvalue weighted by Gasteiger charge is -2.15. The molecule has 0 radical (unpaired) electrons. The van der Waals surface area contributed by atoms with Gasteiger partial charge in [-0.2, -0.15) is 5.26 Å². The third-order valence-corrected chi connectivity index (χ3v) is 6.23. The zero-order valence-corrected chi connectivity index (χ0v) is 17.9. The summed E-state index contributed by atoms with van der Waals surface area (Å²) in [7, 11) is 0. The van der Waals surface area contributed by atoms with Crippen molar-refractivity contribution >= 4 is 69.6 Å². The van der Waals surface area contributed by atoms with E-state index in [1.165, 1.54) is 0 Å². The Morgan fingerprint density at radius 1 is 0.778 bits per heavy atom. The highest BCUT2D eigenvalue weighted by Gasteiger charge is 2.18. The topological polar surface area (TPSA) is 36.7 Å². The Bertz CT molecular complexity index is 1040. The summed E-state index contributed by atoms with van der Waals surface area (Å²) in [5.74, 6) is 0. The molecule has 0 saturated heterocycles. The van der Waals surface area contributed by atoms with Gasteiger partial charge in [0.2, 0.25) is 0 Å². The van der Waals surface area contributed by atoms with Crippen LogP contribution in [0.25, 0.3) is 22.4 Å². The van der Waals surface area contributed by atoms with Crippen molar-refractivity contribution in [2.75, 3.05) is 0 Å². The smallest absolute Gasteiger partial charge is 0.0784 e. The van der Waals surface area contributed by atoms with E-state index in [1.807, 2.05) is 0 Å². The Hall–Kier alpha value is -1.18. The van der Waals surface area contributed by atoms with E-state index in [-0.39, 0.29) is 16.5 Å². The van der Waals surface area contributed by atoms with E-state index in [9.17, 15) is 5.26 Å². The van der Waals surface area contributed by atoms with Gasteiger partial charge < -0.3 is 0 Å². The molecule has 0 unspecified atom stereocenters. The number of hydrogen-bond acceptors (Lipinski definition) is 2. The average Bonchev–Trinajstić information content (AvgIpc) is 2.63. The van der Waals surface area contributed by atoms with Gasteiger partial charge in [0.05, 0.1) is 48.3 Å². The number of rotatable bonds is 3. The molecule has 2 nitrogen and oxygen atoms in total. The number of nitriles is 1. The molecule has 0 aliphatic carbocycles. The summed E-state index contributed by atoms with van der Waals surface area (Å²) in [5, 5.41) is 10.9. The van der Waals surface area contributed by atoms with Crippen LogP contribution in [0.2, 0.25) is 30.1 Å². The van der Waals surface area contributed by atoms with Crippen LogP contribution in [-0.2, 0) is 6.42 Å². The lowest BCUT2D eigenvalue weighted by molar-refractivity contribution is 1.22. The molecule has 1 aromatic heterocycles. The standard InChI is InChI=1S/C19H8Cl6N2/c20-12-5-10(6-13(21)17(12)24)16-9(1-3-26)2-4-27-19(16)11-7-14(22)18(25)15(23)8-11/h2,4-8H,1H2. The van der Waals surface area contributed by atoms with Crippen LogP contribution in [0.5, 0.6) is 0 Å². The van der Waals surface area contributed by atoms with Crippen molar-refractivity contribution in [1.82, 2.24) is 4.98 Å². The molecule has 1 heterocycles. The van der Waals surface area contributed by atoms with Crippen LogP contribution >= 0.6 is 69.6 Å². The molecule has 136 valence electrons. The molecule has 0 amide bonds. The molecule has 0 N–H and O–H groups in total. The SMILES string of the molecule is N#CCc1ccnc(-c2cc(Cl)c(Cl)c(Cl)c2)c1-c1cc(Cl)c(Cl)c(Cl)c1. The van der Waals surface area contributed by atoms with Crippen molar-refractivity contribution in [1.29, 1.82) is 5.26 Å². The molecule has 0 bridgehead atoms. The van der Waals surface area contributed by atoms with E-state index < -0.39 is 0 Å². The van der Waals surface area contributed by atoms with E-state index in [4.69, 9.17) is 69.6 Å². The van der Waals surface area contributed by atoms with Crippen LogP contribution in [0.4, 0.5) is 0 Å². The van der Waals surface area contributed by atoms with E-state index in [1.54, 1.807) is 36.5 Å². The van der Waals surface area contributed by atoms with Crippen LogP contribution in [0.15, 0.2) is 36.5 Å². The first kappa shape index (κ1) is 20.6. The van der Waals surface area contributed by atoms with Crippen molar-refractivity contribution in [2.45, 2.75) is 6.42 Å². The minimum absolute atomic E-state index is 0.164. The van der Waals surface area contributed by atoms with Gasteiger partial charge in [0.1, 0.15) is 0 Å². The predicted molar refractivity (Wildman–Crippen MR) is 114 cm³/mol. The molecule has 0 aliphatic heterocycles. The summed E-state index contributed by atoms with van der Waals surface area (Å²) >= 11 is 36.9. The van der Waals surface area contributed by atoms with Crippen molar-refractivity contribution in [3.8, 4) is 28.5 Å². The molecule has 0 atom stereocenters. The van der Waals surface area contributed by atoms with Crippen LogP contribution in [0.3, 0.4) is 0 Å². The summed E-state index contributed by atoms with van der Waals surface area (Å²) in [4.78, 5) is 4.47. The number of hydrogen-bond donors (Lipinski definition) is 0. The predicted octanol–water partition coefficient (Wildman–Crippen LogP) is 8.40. The summed E-state index contributed by atoms with van der Waals surface area (Å²) in [5.41, 5.74) is 3.32. The van der Waals surface area contributed by atoms with Gasteiger partial charge in [-0.05, 0) is 41.5 Å². The zero-order valence-electron chi connectivity index (χ0n) is 13.3. The minimum atomic E-state index is 0.164. The third-order valence-electron chi connectivity index (χ3n) is 3.84. The van der Waals surface area contributed by atoms with Crippen molar-refractivity contribution in [3.05, 3.63) is 72.2 Å². The van der Waals surface area contributed by atoms with Gasteiger partial charge in [-0.1, -0.05) is 69.6 Å². The maximum absolute atomic E-state index is 9.23. The molecule has 0 spiro atoms. The Balaban J connectivity index is 2.35. The quantitative estimate of drug-likeness (QED) is 0.356. The Kier molecular flexibility index (Phi) is 6.43. The van der Waals surface area contributed by atoms with E-state index in [0.29, 0.717) is 42.5 Å². The summed E-state index contributed by atoms with van der Waals surface area (Å²) in [6.45, 7) is 0. The van der Waals surface area contributed by atoms with Crippen molar-refractivity contribution in [2.24, 2.45) is 0 Å². The zero-order chi connectivity index (χ0) is 19.7. The molecule has 3 rings (SSSR count). The van der Waals surface area contributed by atoms with Gasteiger partial charge in [-0.25, -0.2) is 0 Å². The highest BCUT2D eigenvalue weighted by molar-refractivity contribution is 6.49. The van der Waals surface area contributed by atoms with Gasteiger partial charge in [0, 0.05) is 17.3 Å². The summed E-state index contributed by atoms with van der Waals surface area (Å²) < 4.78 is 0. The number of nitrogens with zero attached hydrogens (tertiary/aromatic N) is 2. The summed E-state index contributed by atoms with van der Waals surface area (Å²) in [6.07, 6.45) is 1.78. The minimum Gasteiger partial charge on any atom is -0.256 e. The fourth-order valence-corrected chi connectivity index (χ4v) is 3.86. The Morgan fingerprint density at radius 2 is 1.26 bits per heavy atom. The lowest BCUT2D eigenvalue weighted by atomic mass is 9.93. The van der Waals surface area contributed by atoms with Crippen LogP contribution in [-0.4, -0.2) is 4.98 Å². The van der Waals surface area contributed by atoms with Gasteiger partial charge in [0.25, 0.3) is 0 Å². The first-order chi connectivity index (χ1) is 12.8. The van der Waals surface area contributed by atoms with Crippen LogP contribution in [0.1, 0.15) is 5.56 Å². The highest BCUT2D eigenvalue weighted by Crippen LogP contribution is 2.42. The van der Waals surface area contributed by atoms with E-state index >= 15 is 0 Å². The van der Waals surface area contributed by atoms with Gasteiger partial charge in [-0.3, -0.25) is 4.98 Å². The second-order valence-corrected chi connectivity index (χ2v) is 7.92. The van der Waals surface area contributed by atoms with Crippen LogP contribution < -0.4 is 0 Å². The molecule has 3 aromatic rings. The molecule has 0 saturated carbocycles. The number of halogens is 6. The lowest BCUT2D eigenvalue weighted by Crippen LogP contribution is -1.96. The maximum atomic E-state index is 9.23. The second kappa shape index (κ2) is 8.45. The fourth-order valence-electron chi connectivity index (χ4n) is 2.67. The van der Waals surface area contributed by atoms with Crippen LogP contribution in [0, 0.1) is 11.3 Å². The monoisotopic (exact) mass is 474 g/mol. The molecule has 2 aromatic carbocycles. The fraction of sp³-hybridized carbons (Fsp3) is 0.0526. The second-order valence-electron chi connectivity index (χ2n) is 5.54. The Labute approximate surface area is 186 Å². The van der Waals surface area contributed by atoms with Gasteiger partial charge in [-0.15, -0.1) is 0 Å². The molecule has 27 heavy (non-hydrogen) atoms. The molecular formula is C19H8Cl6N2. The summed E-state index contributed by atoms with van der Waals surface area (Å²) in [6, 6.07) is 10.6. The molecule has 0 aliphatic rings. The largest absolute Gasteiger partial charge is 0.256 e. The van der Waals surface area contributed by atoms with E-state index in [0.717, 1.165) is 5.56 Å². The third kappa shape index (κ3) is 4.15. The van der Waals surface area contributed by atoms with Gasteiger partial charge in [0.15, 0.2) is 0 Å². The van der Waals surface area contributed by atoms with Gasteiger partial charge >= 0.3 is 0 Å². The maximum Gasteiger partial charge on any atom is 0.0784 e. The first-order valence-corrected chi connectivity index (χ1v) is 9.75.